The molecule has 9 heteroatoms. The molecule has 0 radical (unpaired) electrons. The zero-order chi connectivity index (χ0) is 26.2. The Morgan fingerprint density at radius 3 is 2.76 bits per heavy atom. The molecule has 4 heterocycles. The molecule has 38 heavy (non-hydrogen) atoms. The highest BCUT2D eigenvalue weighted by Gasteiger charge is 2.26. The summed E-state index contributed by atoms with van der Waals surface area (Å²) in [5, 5.41) is 12.7. The van der Waals surface area contributed by atoms with Crippen molar-refractivity contribution in [1.29, 1.82) is 0 Å². The predicted molar refractivity (Wildman–Crippen MR) is 145 cm³/mol. The third-order valence-corrected chi connectivity index (χ3v) is 7.27. The Balaban J connectivity index is 1.37. The molecule has 2 amide bonds. The van der Waals surface area contributed by atoms with Crippen molar-refractivity contribution in [3.8, 4) is 11.5 Å². The number of nitrogens with one attached hydrogen (secondary N) is 1. The van der Waals surface area contributed by atoms with E-state index < -0.39 is 6.09 Å². The lowest BCUT2D eigenvalue weighted by Gasteiger charge is -2.32. The van der Waals surface area contributed by atoms with Gasteiger partial charge < -0.3 is 24.5 Å². The summed E-state index contributed by atoms with van der Waals surface area (Å²) in [5.74, 6) is 0.704. The molecule has 6 rings (SSSR count). The van der Waals surface area contributed by atoms with Crippen LogP contribution in [-0.4, -0.2) is 60.2 Å². The summed E-state index contributed by atoms with van der Waals surface area (Å²) in [6.07, 6.45) is 4.07. The van der Waals surface area contributed by atoms with Gasteiger partial charge in [0.25, 0.3) is 5.91 Å². The Hall–Kier alpha value is -4.66. The van der Waals surface area contributed by atoms with Gasteiger partial charge in [0.1, 0.15) is 0 Å². The number of hydrogen-bond donors (Lipinski definition) is 2. The van der Waals surface area contributed by atoms with Crippen molar-refractivity contribution >= 4 is 33.9 Å². The standard InChI is InChI=1S/C29H28N6O3/c1-33-25-11-10-21(28(36)34-13-5-8-22(18-34)31-29(37)38)14-23(25)32-27(33)26-15-20-7-2-3-9-24(20)35(26)17-19-6-4-12-30-16-19/h2-4,6-7,9-12,14-16,22,31H,5,8,13,17-18H2,1H3,(H,37,38)/t22-/m1/s1. The third-order valence-electron chi connectivity index (χ3n) is 7.27. The lowest BCUT2D eigenvalue weighted by Crippen LogP contribution is -2.49. The number of pyridine rings is 1. The minimum Gasteiger partial charge on any atom is -0.465 e. The predicted octanol–water partition coefficient (Wildman–Crippen LogP) is 4.51. The van der Waals surface area contributed by atoms with Crippen LogP contribution >= 0.6 is 0 Å². The normalized spacial score (nSPS) is 15.7. The molecule has 0 unspecified atom stereocenters. The second-order valence-electron chi connectivity index (χ2n) is 9.77. The maximum Gasteiger partial charge on any atom is 0.404 e. The number of benzene rings is 2. The third kappa shape index (κ3) is 4.36. The van der Waals surface area contributed by atoms with Gasteiger partial charge in [-0.2, -0.15) is 0 Å². The number of carboxylic acid groups (broad SMARTS) is 1. The monoisotopic (exact) mass is 508 g/mol. The van der Waals surface area contributed by atoms with Crippen LogP contribution in [0, 0.1) is 0 Å². The van der Waals surface area contributed by atoms with Crippen LogP contribution in [0.5, 0.6) is 0 Å². The number of hydrogen-bond acceptors (Lipinski definition) is 4. The fourth-order valence-electron chi connectivity index (χ4n) is 5.44. The number of fused-ring (bicyclic) bond motifs is 2. The van der Waals surface area contributed by atoms with Crippen LogP contribution in [0.1, 0.15) is 28.8 Å². The number of aryl methyl sites for hydroxylation is 1. The van der Waals surface area contributed by atoms with E-state index in [2.05, 4.69) is 43.7 Å². The largest absolute Gasteiger partial charge is 0.465 e. The van der Waals surface area contributed by atoms with E-state index in [1.165, 1.54) is 0 Å². The van der Waals surface area contributed by atoms with Crippen LogP contribution in [0.2, 0.25) is 0 Å². The van der Waals surface area contributed by atoms with Crippen molar-refractivity contribution in [2.24, 2.45) is 7.05 Å². The quantitative estimate of drug-likeness (QED) is 0.363. The van der Waals surface area contributed by atoms with Gasteiger partial charge in [0.2, 0.25) is 0 Å². The van der Waals surface area contributed by atoms with Crippen LogP contribution in [0.15, 0.2) is 73.1 Å². The Morgan fingerprint density at radius 2 is 1.95 bits per heavy atom. The highest BCUT2D eigenvalue weighted by molar-refractivity contribution is 5.98. The first-order chi connectivity index (χ1) is 18.5. The molecule has 0 saturated carbocycles. The number of amides is 2. The number of aromatic nitrogens is 4. The van der Waals surface area contributed by atoms with E-state index in [1.54, 1.807) is 11.1 Å². The smallest absolute Gasteiger partial charge is 0.404 e. The molecule has 192 valence electrons. The lowest BCUT2D eigenvalue weighted by molar-refractivity contribution is 0.0692. The number of imidazole rings is 1. The van der Waals surface area contributed by atoms with Gasteiger partial charge in [0.15, 0.2) is 5.82 Å². The average molecular weight is 509 g/mol. The van der Waals surface area contributed by atoms with Crippen molar-refractivity contribution in [2.45, 2.75) is 25.4 Å². The highest BCUT2D eigenvalue weighted by atomic mass is 16.4. The second-order valence-corrected chi connectivity index (χ2v) is 9.77. The second kappa shape index (κ2) is 9.66. The van der Waals surface area contributed by atoms with E-state index >= 15 is 0 Å². The number of nitrogens with zero attached hydrogens (tertiary/aromatic N) is 5. The first kappa shape index (κ1) is 23.7. The highest BCUT2D eigenvalue weighted by Crippen LogP contribution is 2.31. The molecule has 3 aromatic heterocycles. The van der Waals surface area contributed by atoms with Crippen molar-refractivity contribution < 1.29 is 14.7 Å². The van der Waals surface area contributed by atoms with Gasteiger partial charge in [-0.25, -0.2) is 9.78 Å². The topological polar surface area (TPSA) is 105 Å². The lowest BCUT2D eigenvalue weighted by atomic mass is 10.0. The molecule has 0 aliphatic carbocycles. The number of carbonyl (C=O) groups is 2. The molecule has 1 saturated heterocycles. The molecule has 2 N–H and O–H groups in total. The summed E-state index contributed by atoms with van der Waals surface area (Å²) in [7, 11) is 1.99. The summed E-state index contributed by atoms with van der Waals surface area (Å²) < 4.78 is 4.31. The number of piperidine rings is 1. The molecular formula is C29H28N6O3. The summed E-state index contributed by atoms with van der Waals surface area (Å²) >= 11 is 0. The first-order valence-electron chi connectivity index (χ1n) is 12.7. The Kier molecular flexibility index (Phi) is 6.03. The SMILES string of the molecule is Cn1c(-c2cc3ccccc3n2Cc2cccnc2)nc2cc(C(=O)N3CCC[C@@H](NC(=O)O)C3)ccc21. The van der Waals surface area contributed by atoms with E-state index in [1.807, 2.05) is 49.6 Å². The minimum atomic E-state index is -1.06. The van der Waals surface area contributed by atoms with Crippen molar-refractivity contribution in [1.82, 2.24) is 29.3 Å². The van der Waals surface area contributed by atoms with Crippen molar-refractivity contribution in [3.05, 3.63) is 84.2 Å². The maximum absolute atomic E-state index is 13.3. The summed E-state index contributed by atoms with van der Waals surface area (Å²) in [5.41, 5.74) is 5.42. The van der Waals surface area contributed by atoms with Gasteiger partial charge in [-0.05, 0) is 54.8 Å². The zero-order valence-electron chi connectivity index (χ0n) is 21.0. The fourth-order valence-corrected chi connectivity index (χ4v) is 5.44. The van der Waals surface area contributed by atoms with Gasteiger partial charge in [0.05, 0.1) is 16.7 Å². The van der Waals surface area contributed by atoms with E-state index in [0.29, 0.717) is 25.2 Å². The molecule has 1 aliphatic heterocycles. The fraction of sp³-hybridized carbons (Fsp3) is 0.241. The van der Waals surface area contributed by atoms with E-state index in [4.69, 9.17) is 10.1 Å². The number of rotatable bonds is 5. The van der Waals surface area contributed by atoms with Crippen LogP contribution < -0.4 is 5.32 Å². The zero-order valence-corrected chi connectivity index (χ0v) is 21.0. The van der Waals surface area contributed by atoms with Crippen molar-refractivity contribution in [2.75, 3.05) is 13.1 Å². The van der Waals surface area contributed by atoms with E-state index in [9.17, 15) is 9.59 Å². The van der Waals surface area contributed by atoms with Gasteiger partial charge in [-0.1, -0.05) is 24.3 Å². The molecule has 9 nitrogen and oxygen atoms in total. The number of para-hydroxylation sites is 1. The Morgan fingerprint density at radius 1 is 1.08 bits per heavy atom. The molecule has 0 spiro atoms. The summed E-state index contributed by atoms with van der Waals surface area (Å²) in [6, 6.07) is 19.8. The minimum absolute atomic E-state index is 0.110. The molecule has 2 aromatic carbocycles. The molecular weight excluding hydrogens is 480 g/mol. The summed E-state index contributed by atoms with van der Waals surface area (Å²) in [4.78, 5) is 35.4. The number of likely N-dealkylation sites (tertiary alicyclic amines) is 1. The summed E-state index contributed by atoms with van der Waals surface area (Å²) in [6.45, 7) is 1.63. The average Bonchev–Trinajstić information content (AvgIpc) is 3.45. The van der Waals surface area contributed by atoms with Crippen LogP contribution in [0.25, 0.3) is 33.5 Å². The first-order valence-corrected chi connectivity index (χ1v) is 12.7. The molecule has 1 fully saturated rings. The molecule has 1 atom stereocenters. The van der Waals surface area contributed by atoms with Gasteiger partial charge in [0, 0.05) is 61.6 Å². The van der Waals surface area contributed by atoms with Crippen LogP contribution in [0.3, 0.4) is 0 Å². The number of carbonyl (C=O) groups excluding carboxylic acids is 1. The van der Waals surface area contributed by atoms with Crippen LogP contribution in [-0.2, 0) is 13.6 Å². The maximum atomic E-state index is 13.3. The molecule has 1 aliphatic rings. The van der Waals surface area contributed by atoms with E-state index in [-0.39, 0.29) is 11.9 Å². The Labute approximate surface area is 219 Å². The Bertz CT molecular complexity index is 1660. The van der Waals surface area contributed by atoms with Crippen LogP contribution in [0.4, 0.5) is 4.79 Å². The van der Waals surface area contributed by atoms with E-state index in [0.717, 1.165) is 51.9 Å². The van der Waals surface area contributed by atoms with Gasteiger partial charge >= 0.3 is 6.09 Å². The van der Waals surface area contributed by atoms with Gasteiger partial charge in [-0.3, -0.25) is 9.78 Å². The molecule has 0 bridgehead atoms. The molecule has 5 aromatic rings. The van der Waals surface area contributed by atoms with Gasteiger partial charge in [-0.15, -0.1) is 0 Å². The van der Waals surface area contributed by atoms with Crippen molar-refractivity contribution in [3.63, 3.8) is 0 Å².